The summed E-state index contributed by atoms with van der Waals surface area (Å²) in [6.07, 6.45) is 2.80. The van der Waals surface area contributed by atoms with Crippen molar-refractivity contribution in [2.75, 3.05) is 11.4 Å². The van der Waals surface area contributed by atoms with Crippen LogP contribution >= 0.6 is 11.6 Å². The molecule has 1 aromatic carbocycles. The predicted octanol–water partition coefficient (Wildman–Crippen LogP) is 3.17. The first-order valence-electron chi connectivity index (χ1n) is 6.35. The molecule has 0 N–H and O–H groups in total. The van der Waals surface area contributed by atoms with E-state index in [1.807, 2.05) is 24.3 Å². The van der Waals surface area contributed by atoms with Gasteiger partial charge in [0.05, 0.1) is 18.0 Å². The van der Waals surface area contributed by atoms with Crippen molar-refractivity contribution in [3.05, 3.63) is 29.5 Å². The highest BCUT2D eigenvalue weighted by atomic mass is 35.5. The van der Waals surface area contributed by atoms with E-state index in [1.54, 1.807) is 0 Å². The van der Waals surface area contributed by atoms with Crippen LogP contribution in [0.2, 0.25) is 5.28 Å². The Labute approximate surface area is 116 Å². The molecule has 0 saturated heterocycles. The standard InChI is InChI=1S/C14H13ClN4/c15-14-17-12-5-2-1-4-11(12)13(18-14)19(9-3-8-16)10-6-7-10/h1-2,4-5,10H,3,6-7,9H2. The van der Waals surface area contributed by atoms with Crippen molar-refractivity contribution in [3.63, 3.8) is 0 Å². The molecule has 1 fully saturated rings. The number of rotatable bonds is 4. The molecule has 0 atom stereocenters. The van der Waals surface area contributed by atoms with Crippen molar-refractivity contribution in [1.29, 1.82) is 5.26 Å². The van der Waals surface area contributed by atoms with Crippen LogP contribution in [0.3, 0.4) is 0 Å². The summed E-state index contributed by atoms with van der Waals surface area (Å²) in [6, 6.07) is 10.5. The molecule has 1 aromatic heterocycles. The molecule has 1 aliphatic rings. The highest BCUT2D eigenvalue weighted by molar-refractivity contribution is 6.28. The van der Waals surface area contributed by atoms with E-state index < -0.39 is 0 Å². The summed E-state index contributed by atoms with van der Waals surface area (Å²) in [4.78, 5) is 10.8. The average molecular weight is 273 g/mol. The Morgan fingerprint density at radius 3 is 2.84 bits per heavy atom. The van der Waals surface area contributed by atoms with E-state index in [0.717, 1.165) is 29.6 Å². The van der Waals surface area contributed by atoms with Gasteiger partial charge < -0.3 is 4.90 Å². The lowest BCUT2D eigenvalue weighted by Gasteiger charge is -2.23. The molecule has 5 heteroatoms. The van der Waals surface area contributed by atoms with E-state index in [9.17, 15) is 0 Å². The van der Waals surface area contributed by atoms with Gasteiger partial charge in [0.2, 0.25) is 5.28 Å². The minimum Gasteiger partial charge on any atom is -0.352 e. The maximum atomic E-state index is 8.80. The molecule has 1 aliphatic carbocycles. The predicted molar refractivity (Wildman–Crippen MR) is 75.1 cm³/mol. The van der Waals surface area contributed by atoms with E-state index >= 15 is 0 Å². The van der Waals surface area contributed by atoms with E-state index in [4.69, 9.17) is 16.9 Å². The summed E-state index contributed by atoms with van der Waals surface area (Å²) in [7, 11) is 0. The number of para-hydroxylation sites is 1. The van der Waals surface area contributed by atoms with Crippen LogP contribution in [-0.2, 0) is 0 Å². The SMILES string of the molecule is N#CCCN(c1nc(Cl)nc2ccccc12)C1CC1. The van der Waals surface area contributed by atoms with Gasteiger partial charge in [0, 0.05) is 18.0 Å². The number of fused-ring (bicyclic) bond motifs is 1. The Kier molecular flexibility index (Phi) is 3.22. The van der Waals surface area contributed by atoms with Crippen LogP contribution < -0.4 is 4.90 Å². The fraction of sp³-hybridized carbons (Fsp3) is 0.357. The maximum absolute atomic E-state index is 8.80. The van der Waals surface area contributed by atoms with Crippen molar-refractivity contribution in [2.24, 2.45) is 0 Å². The molecule has 0 bridgehead atoms. The summed E-state index contributed by atoms with van der Waals surface area (Å²) in [5.74, 6) is 0.855. The summed E-state index contributed by atoms with van der Waals surface area (Å²) in [5.41, 5.74) is 0.847. The van der Waals surface area contributed by atoms with Crippen LogP contribution in [0.5, 0.6) is 0 Å². The molecule has 0 amide bonds. The van der Waals surface area contributed by atoms with Gasteiger partial charge in [-0.2, -0.15) is 10.2 Å². The van der Waals surface area contributed by atoms with Crippen LogP contribution in [0.25, 0.3) is 10.9 Å². The first kappa shape index (κ1) is 12.2. The molecule has 0 aliphatic heterocycles. The van der Waals surface area contributed by atoms with Gasteiger partial charge in [-0.1, -0.05) is 12.1 Å². The van der Waals surface area contributed by atoms with Gasteiger partial charge >= 0.3 is 0 Å². The Morgan fingerprint density at radius 2 is 2.11 bits per heavy atom. The lowest BCUT2D eigenvalue weighted by Crippen LogP contribution is -2.28. The smallest absolute Gasteiger partial charge is 0.224 e. The zero-order valence-electron chi connectivity index (χ0n) is 10.4. The number of hydrogen-bond donors (Lipinski definition) is 0. The largest absolute Gasteiger partial charge is 0.352 e. The van der Waals surface area contributed by atoms with Crippen molar-refractivity contribution < 1.29 is 0 Å². The van der Waals surface area contributed by atoms with E-state index in [1.165, 1.54) is 0 Å². The summed E-state index contributed by atoms with van der Waals surface area (Å²) >= 11 is 6.01. The number of hydrogen-bond acceptors (Lipinski definition) is 4. The fourth-order valence-corrected chi connectivity index (χ4v) is 2.44. The third-order valence-electron chi connectivity index (χ3n) is 3.28. The van der Waals surface area contributed by atoms with Crippen molar-refractivity contribution in [2.45, 2.75) is 25.3 Å². The van der Waals surface area contributed by atoms with Gasteiger partial charge in [0.1, 0.15) is 5.82 Å². The van der Waals surface area contributed by atoms with Crippen molar-refractivity contribution >= 4 is 28.3 Å². The van der Waals surface area contributed by atoms with Crippen LogP contribution in [0.4, 0.5) is 5.82 Å². The number of halogens is 1. The molecule has 2 aromatic rings. The van der Waals surface area contributed by atoms with Gasteiger partial charge in [0.25, 0.3) is 0 Å². The van der Waals surface area contributed by atoms with Crippen LogP contribution in [0, 0.1) is 11.3 Å². The molecule has 4 nitrogen and oxygen atoms in total. The number of benzene rings is 1. The second kappa shape index (κ2) is 5.02. The Morgan fingerprint density at radius 1 is 1.32 bits per heavy atom. The van der Waals surface area contributed by atoms with Crippen molar-refractivity contribution in [1.82, 2.24) is 9.97 Å². The lowest BCUT2D eigenvalue weighted by molar-refractivity contribution is 0.781. The first-order chi connectivity index (χ1) is 9.29. The average Bonchev–Trinajstić information content (AvgIpc) is 3.23. The second-order valence-electron chi connectivity index (χ2n) is 4.67. The minimum absolute atomic E-state index is 0.260. The van der Waals surface area contributed by atoms with Crippen molar-refractivity contribution in [3.8, 4) is 6.07 Å². The molecule has 1 heterocycles. The molecule has 19 heavy (non-hydrogen) atoms. The van der Waals surface area contributed by atoms with E-state index in [0.29, 0.717) is 19.0 Å². The molecular formula is C14H13ClN4. The highest BCUT2D eigenvalue weighted by Crippen LogP contribution is 2.34. The second-order valence-corrected chi connectivity index (χ2v) is 5.00. The number of nitrogens with zero attached hydrogens (tertiary/aromatic N) is 4. The zero-order valence-corrected chi connectivity index (χ0v) is 11.1. The van der Waals surface area contributed by atoms with Gasteiger partial charge in [-0.05, 0) is 36.6 Å². The minimum atomic E-state index is 0.260. The van der Waals surface area contributed by atoms with Gasteiger partial charge in [-0.25, -0.2) is 4.98 Å². The summed E-state index contributed by atoms with van der Waals surface area (Å²) in [6.45, 7) is 0.693. The summed E-state index contributed by atoms with van der Waals surface area (Å²) < 4.78 is 0. The quantitative estimate of drug-likeness (QED) is 0.802. The van der Waals surface area contributed by atoms with Gasteiger partial charge in [-0.3, -0.25) is 0 Å². The fourth-order valence-electron chi connectivity index (χ4n) is 2.27. The molecule has 0 unspecified atom stereocenters. The third kappa shape index (κ3) is 2.47. The topological polar surface area (TPSA) is 52.8 Å². The van der Waals surface area contributed by atoms with E-state index in [2.05, 4.69) is 20.9 Å². The Balaban J connectivity index is 2.08. The summed E-state index contributed by atoms with van der Waals surface area (Å²) in [5, 5.41) is 10.1. The van der Waals surface area contributed by atoms with Gasteiger partial charge in [0.15, 0.2) is 0 Å². The molecule has 3 rings (SSSR count). The van der Waals surface area contributed by atoms with Crippen LogP contribution in [0.15, 0.2) is 24.3 Å². The molecule has 96 valence electrons. The molecular weight excluding hydrogens is 260 g/mol. The molecule has 0 radical (unpaired) electrons. The van der Waals surface area contributed by atoms with Crippen LogP contribution in [-0.4, -0.2) is 22.6 Å². The monoisotopic (exact) mass is 272 g/mol. The van der Waals surface area contributed by atoms with Crippen LogP contribution in [0.1, 0.15) is 19.3 Å². The number of aromatic nitrogens is 2. The normalized spacial score (nSPS) is 14.3. The number of anilines is 1. The number of nitriles is 1. The maximum Gasteiger partial charge on any atom is 0.224 e. The zero-order chi connectivity index (χ0) is 13.2. The van der Waals surface area contributed by atoms with E-state index in [-0.39, 0.29) is 5.28 Å². The third-order valence-corrected chi connectivity index (χ3v) is 3.45. The Hall–Kier alpha value is -1.86. The molecule has 1 saturated carbocycles. The molecule has 0 spiro atoms. The van der Waals surface area contributed by atoms with Gasteiger partial charge in [-0.15, -0.1) is 0 Å². The Bertz CT molecular complexity index is 645. The first-order valence-corrected chi connectivity index (χ1v) is 6.73. The lowest BCUT2D eigenvalue weighted by atomic mass is 10.2. The highest BCUT2D eigenvalue weighted by Gasteiger charge is 2.31.